The molecule has 2 aromatic heterocycles. The Morgan fingerprint density at radius 1 is 1.48 bits per heavy atom. The zero-order valence-electron chi connectivity index (χ0n) is 14.3. The van der Waals surface area contributed by atoms with Crippen LogP contribution >= 0.6 is 23.1 Å². The number of hydrogen-bond acceptors (Lipinski definition) is 8. The summed E-state index contributed by atoms with van der Waals surface area (Å²) in [6, 6.07) is 7.07. The summed E-state index contributed by atoms with van der Waals surface area (Å²) in [5.74, 6) is 0.836. The summed E-state index contributed by atoms with van der Waals surface area (Å²) in [5.41, 5.74) is 7.05. The third-order valence-corrected chi connectivity index (χ3v) is 6.83. The molecule has 0 unspecified atom stereocenters. The van der Waals surface area contributed by atoms with Gasteiger partial charge in [-0.1, -0.05) is 11.8 Å². The first kappa shape index (κ1) is 18.0. The minimum atomic E-state index is -0.367. The lowest BCUT2D eigenvalue weighted by atomic mass is 9.80. The van der Waals surface area contributed by atoms with E-state index >= 15 is 0 Å². The van der Waals surface area contributed by atoms with Crippen molar-refractivity contribution in [2.24, 2.45) is 16.6 Å². The van der Waals surface area contributed by atoms with E-state index in [1.807, 2.05) is 17.5 Å². The number of carbonyl (C=O) groups is 1. The number of ether oxygens (including phenoxy) is 1. The molecule has 7 nitrogen and oxygen atoms in total. The van der Waals surface area contributed by atoms with E-state index in [-0.39, 0.29) is 23.1 Å². The van der Waals surface area contributed by atoms with E-state index in [0.29, 0.717) is 29.6 Å². The number of amides is 1. The number of thiophene rings is 1. The molecule has 3 N–H and O–H groups in total. The van der Waals surface area contributed by atoms with Gasteiger partial charge >= 0.3 is 0 Å². The Hall–Kier alpha value is -2.41. The average Bonchev–Trinajstić information content (AvgIpc) is 3.17. The molecule has 0 aliphatic carbocycles. The second kappa shape index (κ2) is 7.31. The molecule has 1 fully saturated rings. The number of anilines is 1. The van der Waals surface area contributed by atoms with Gasteiger partial charge in [0.1, 0.15) is 17.3 Å². The summed E-state index contributed by atoms with van der Waals surface area (Å²) in [6.07, 6.45) is 2.17. The van der Waals surface area contributed by atoms with Crippen LogP contribution in [0.25, 0.3) is 0 Å². The fourth-order valence-corrected chi connectivity index (χ4v) is 5.41. The van der Waals surface area contributed by atoms with Gasteiger partial charge < -0.3 is 15.8 Å². The first-order valence-electron chi connectivity index (χ1n) is 8.43. The summed E-state index contributed by atoms with van der Waals surface area (Å²) in [7, 11) is 0. The van der Waals surface area contributed by atoms with Gasteiger partial charge in [0, 0.05) is 41.2 Å². The largest absolute Gasteiger partial charge is 0.381 e. The van der Waals surface area contributed by atoms with E-state index in [9.17, 15) is 4.79 Å². The second-order valence-corrected chi connectivity index (χ2v) is 8.36. The van der Waals surface area contributed by atoms with E-state index in [1.165, 1.54) is 12.3 Å². The van der Waals surface area contributed by atoms with E-state index < -0.39 is 0 Å². The molecule has 2 aliphatic heterocycles. The molecule has 4 heterocycles. The SMILES string of the molecule is N#Cc1ccc(C(=O)Nc2csc([C@@]34CCOC[C@H]3CSC(N)=N4)c2)nc1. The predicted molar refractivity (Wildman–Crippen MR) is 106 cm³/mol. The maximum atomic E-state index is 12.4. The molecule has 2 aliphatic rings. The number of fused-ring (bicyclic) bond motifs is 1. The van der Waals surface area contributed by atoms with Gasteiger partial charge in [-0.15, -0.1) is 11.3 Å². The maximum Gasteiger partial charge on any atom is 0.274 e. The quantitative estimate of drug-likeness (QED) is 0.820. The summed E-state index contributed by atoms with van der Waals surface area (Å²) in [6.45, 7) is 1.31. The topological polar surface area (TPSA) is 113 Å². The molecular weight excluding hydrogens is 382 g/mol. The van der Waals surface area contributed by atoms with Crippen LogP contribution in [-0.2, 0) is 10.3 Å². The molecular formula is C18H17N5O2S2. The van der Waals surface area contributed by atoms with Crippen molar-refractivity contribution in [1.29, 1.82) is 5.26 Å². The number of amidine groups is 1. The predicted octanol–water partition coefficient (Wildman–Crippen LogP) is 2.56. The smallest absolute Gasteiger partial charge is 0.274 e. The lowest BCUT2D eigenvalue weighted by Gasteiger charge is -2.42. The molecule has 0 spiro atoms. The van der Waals surface area contributed by atoms with Crippen molar-refractivity contribution in [1.82, 2.24) is 4.98 Å². The normalized spacial score (nSPS) is 24.4. The molecule has 27 heavy (non-hydrogen) atoms. The Labute approximate surface area is 164 Å². The molecule has 0 radical (unpaired) electrons. The molecule has 9 heteroatoms. The number of nitrogens with zero attached hydrogens (tertiary/aromatic N) is 3. The monoisotopic (exact) mass is 399 g/mol. The highest BCUT2D eigenvalue weighted by atomic mass is 32.2. The molecule has 0 bridgehead atoms. The Bertz CT molecular complexity index is 934. The van der Waals surface area contributed by atoms with Crippen molar-refractivity contribution >= 4 is 39.9 Å². The van der Waals surface area contributed by atoms with Gasteiger partial charge in [-0.2, -0.15) is 5.26 Å². The van der Waals surface area contributed by atoms with Crippen LogP contribution in [0.2, 0.25) is 0 Å². The van der Waals surface area contributed by atoms with Crippen LogP contribution in [0.3, 0.4) is 0 Å². The fourth-order valence-electron chi connectivity index (χ4n) is 3.34. The van der Waals surface area contributed by atoms with E-state index in [1.54, 1.807) is 29.2 Å². The van der Waals surface area contributed by atoms with Crippen LogP contribution in [0, 0.1) is 17.2 Å². The summed E-state index contributed by atoms with van der Waals surface area (Å²) >= 11 is 3.14. The van der Waals surface area contributed by atoms with E-state index in [4.69, 9.17) is 20.7 Å². The van der Waals surface area contributed by atoms with Crippen LogP contribution in [0.15, 0.2) is 34.8 Å². The van der Waals surface area contributed by atoms with E-state index in [2.05, 4.69) is 10.3 Å². The first-order valence-corrected chi connectivity index (χ1v) is 10.3. The summed E-state index contributed by atoms with van der Waals surface area (Å²) < 4.78 is 5.65. The first-order chi connectivity index (χ1) is 13.1. The van der Waals surface area contributed by atoms with Crippen molar-refractivity contribution in [2.45, 2.75) is 12.0 Å². The number of nitrogens with two attached hydrogens (primary N) is 1. The molecule has 138 valence electrons. The lowest BCUT2D eigenvalue weighted by molar-refractivity contribution is 0.0114. The zero-order valence-corrected chi connectivity index (χ0v) is 16.0. The Balaban J connectivity index is 1.56. The number of nitriles is 1. The van der Waals surface area contributed by atoms with Gasteiger partial charge in [0.15, 0.2) is 5.17 Å². The van der Waals surface area contributed by atoms with Gasteiger partial charge in [0.05, 0.1) is 17.9 Å². The molecule has 2 aromatic rings. The minimum Gasteiger partial charge on any atom is -0.381 e. The summed E-state index contributed by atoms with van der Waals surface area (Å²) in [4.78, 5) is 22.3. The third-order valence-electron chi connectivity index (χ3n) is 4.77. The zero-order chi connectivity index (χ0) is 18.9. The molecule has 4 rings (SSSR count). The van der Waals surface area contributed by atoms with Crippen LogP contribution in [0.4, 0.5) is 5.69 Å². The van der Waals surface area contributed by atoms with Crippen LogP contribution in [0.1, 0.15) is 27.3 Å². The molecule has 0 aromatic carbocycles. The van der Waals surface area contributed by atoms with Gasteiger partial charge in [0.2, 0.25) is 0 Å². The maximum absolute atomic E-state index is 12.4. The molecule has 0 saturated carbocycles. The van der Waals surface area contributed by atoms with Crippen molar-refractivity contribution in [3.63, 3.8) is 0 Å². The van der Waals surface area contributed by atoms with Gasteiger partial charge in [-0.25, -0.2) is 9.98 Å². The number of carbonyl (C=O) groups excluding carboxylic acids is 1. The molecule has 1 saturated heterocycles. The third kappa shape index (κ3) is 3.43. The van der Waals surface area contributed by atoms with Gasteiger partial charge in [-0.05, 0) is 18.2 Å². The van der Waals surface area contributed by atoms with Crippen LogP contribution in [-0.4, -0.2) is 35.0 Å². The van der Waals surface area contributed by atoms with Gasteiger partial charge in [0.25, 0.3) is 5.91 Å². The van der Waals surface area contributed by atoms with Gasteiger partial charge in [-0.3, -0.25) is 4.79 Å². The standard InChI is InChI=1S/C18H17N5O2S2/c19-6-11-1-2-14(21-7-11)16(24)22-13-5-15(26-10-13)18-3-4-25-8-12(18)9-27-17(20)23-18/h1-2,5,7,10,12H,3-4,8-9H2,(H2,20,23)(H,22,24)/t12-,18+/m0/s1. The van der Waals surface area contributed by atoms with Crippen LogP contribution < -0.4 is 11.1 Å². The summed E-state index contributed by atoms with van der Waals surface area (Å²) in [5, 5.41) is 14.2. The van der Waals surface area contributed by atoms with E-state index in [0.717, 1.165) is 17.1 Å². The highest BCUT2D eigenvalue weighted by molar-refractivity contribution is 8.13. The average molecular weight is 400 g/mol. The number of aliphatic imine (C=N–C) groups is 1. The minimum absolute atomic E-state index is 0.264. The Morgan fingerprint density at radius 3 is 3.15 bits per heavy atom. The number of hydrogen-bond donors (Lipinski definition) is 2. The highest BCUT2D eigenvalue weighted by Gasteiger charge is 2.46. The fraction of sp³-hybridized carbons (Fsp3) is 0.333. The number of nitrogens with one attached hydrogen (secondary N) is 1. The molecule has 2 atom stereocenters. The van der Waals surface area contributed by atoms with Crippen molar-refractivity contribution in [3.05, 3.63) is 45.9 Å². The van der Waals surface area contributed by atoms with Crippen molar-refractivity contribution < 1.29 is 9.53 Å². The van der Waals surface area contributed by atoms with Crippen LogP contribution in [0.5, 0.6) is 0 Å². The van der Waals surface area contributed by atoms with Crippen molar-refractivity contribution in [3.8, 4) is 6.07 Å². The Morgan fingerprint density at radius 2 is 2.37 bits per heavy atom. The number of rotatable bonds is 3. The lowest BCUT2D eigenvalue weighted by Crippen LogP contribution is -2.46. The highest BCUT2D eigenvalue weighted by Crippen LogP contribution is 2.47. The number of thioether (sulfide) groups is 1. The van der Waals surface area contributed by atoms with Crippen molar-refractivity contribution in [2.75, 3.05) is 24.3 Å². The Kier molecular flexibility index (Phi) is 4.86. The number of aromatic nitrogens is 1. The second-order valence-electron chi connectivity index (χ2n) is 6.40. The molecule has 1 amide bonds. The number of pyridine rings is 1.